The van der Waals surface area contributed by atoms with Gasteiger partial charge in [-0.15, -0.1) is 0 Å². The van der Waals surface area contributed by atoms with Gasteiger partial charge in [0, 0.05) is 43.2 Å². The molecule has 1 aliphatic rings. The summed E-state index contributed by atoms with van der Waals surface area (Å²) in [6, 6.07) is 12.5. The van der Waals surface area contributed by atoms with Crippen molar-refractivity contribution in [1.82, 2.24) is 9.97 Å². The van der Waals surface area contributed by atoms with E-state index in [1.807, 2.05) is 13.2 Å². The third-order valence-corrected chi connectivity index (χ3v) is 5.95. The summed E-state index contributed by atoms with van der Waals surface area (Å²) in [4.78, 5) is 10.8. The Labute approximate surface area is 177 Å². The Hall–Kier alpha value is -2.96. The standard InChI is InChI=1S/C24H28N4O2/c1-3-16-4-9-23(27-13-16)28(2)19-7-8-20-17(12-19)5-6-18(20)14-26-22-15-25-11-10-21(22)24(29)30/h4,7-13,15,18,24,26,29-30H,3,5-6,14H2,1-2H3/t18-/m0/s1. The van der Waals surface area contributed by atoms with Crippen molar-refractivity contribution in [2.75, 3.05) is 23.8 Å². The van der Waals surface area contributed by atoms with Crippen LogP contribution in [0.1, 0.15) is 47.8 Å². The van der Waals surface area contributed by atoms with Crippen LogP contribution in [0.2, 0.25) is 0 Å². The molecule has 0 radical (unpaired) electrons. The van der Waals surface area contributed by atoms with E-state index in [2.05, 4.69) is 57.4 Å². The monoisotopic (exact) mass is 404 g/mol. The van der Waals surface area contributed by atoms with E-state index >= 15 is 0 Å². The molecule has 30 heavy (non-hydrogen) atoms. The van der Waals surface area contributed by atoms with Crippen LogP contribution in [0.25, 0.3) is 0 Å². The number of anilines is 3. The first-order valence-electron chi connectivity index (χ1n) is 10.4. The number of aromatic nitrogens is 2. The Morgan fingerprint density at radius 3 is 2.77 bits per heavy atom. The van der Waals surface area contributed by atoms with Crippen LogP contribution in [0, 0.1) is 0 Å². The highest BCUT2D eigenvalue weighted by atomic mass is 16.5. The van der Waals surface area contributed by atoms with E-state index in [1.54, 1.807) is 18.5 Å². The lowest BCUT2D eigenvalue weighted by Crippen LogP contribution is -2.13. The largest absolute Gasteiger partial charge is 0.383 e. The van der Waals surface area contributed by atoms with Gasteiger partial charge in [0.25, 0.3) is 0 Å². The number of aryl methyl sites for hydroxylation is 2. The first-order chi connectivity index (χ1) is 14.6. The minimum Gasteiger partial charge on any atom is -0.383 e. The fraction of sp³-hybridized carbons (Fsp3) is 0.333. The quantitative estimate of drug-likeness (QED) is 0.518. The zero-order chi connectivity index (χ0) is 21.1. The Morgan fingerprint density at radius 1 is 1.17 bits per heavy atom. The van der Waals surface area contributed by atoms with E-state index in [0.717, 1.165) is 37.3 Å². The summed E-state index contributed by atoms with van der Waals surface area (Å²) in [7, 11) is 2.05. The minimum atomic E-state index is -1.51. The fourth-order valence-corrected chi connectivity index (χ4v) is 4.08. The van der Waals surface area contributed by atoms with E-state index in [-0.39, 0.29) is 0 Å². The van der Waals surface area contributed by atoms with Crippen LogP contribution in [-0.2, 0) is 12.8 Å². The molecule has 1 aromatic carbocycles. The molecule has 6 heteroatoms. The summed E-state index contributed by atoms with van der Waals surface area (Å²) in [5.74, 6) is 1.32. The normalized spacial score (nSPS) is 15.3. The highest BCUT2D eigenvalue weighted by molar-refractivity contribution is 5.62. The molecule has 0 aliphatic heterocycles. The molecule has 0 saturated heterocycles. The number of pyridine rings is 2. The Bertz CT molecular complexity index is 1000. The maximum Gasteiger partial charge on any atom is 0.180 e. The van der Waals surface area contributed by atoms with Gasteiger partial charge in [-0.3, -0.25) is 4.98 Å². The summed E-state index contributed by atoms with van der Waals surface area (Å²) >= 11 is 0. The van der Waals surface area contributed by atoms with Crippen molar-refractivity contribution in [3.8, 4) is 0 Å². The molecule has 0 amide bonds. The SMILES string of the molecule is CCc1ccc(N(C)c2ccc3c(c2)CC[C@H]3CNc2cnccc2C(O)O)nc1. The minimum absolute atomic E-state index is 0.380. The Morgan fingerprint density at radius 2 is 2.03 bits per heavy atom. The average Bonchev–Trinajstić information content (AvgIpc) is 3.19. The number of nitrogens with zero attached hydrogens (tertiary/aromatic N) is 3. The number of benzene rings is 1. The van der Waals surface area contributed by atoms with Gasteiger partial charge in [-0.2, -0.15) is 0 Å². The summed E-state index contributed by atoms with van der Waals surface area (Å²) < 4.78 is 0. The van der Waals surface area contributed by atoms with Crippen LogP contribution in [-0.4, -0.2) is 33.8 Å². The van der Waals surface area contributed by atoms with Crippen LogP contribution in [0.3, 0.4) is 0 Å². The second-order valence-corrected chi connectivity index (χ2v) is 7.77. The van der Waals surface area contributed by atoms with Crippen molar-refractivity contribution < 1.29 is 10.2 Å². The molecule has 156 valence electrons. The molecule has 3 N–H and O–H groups in total. The molecule has 0 saturated carbocycles. The predicted molar refractivity (Wildman–Crippen MR) is 119 cm³/mol. The van der Waals surface area contributed by atoms with Crippen LogP contribution in [0.15, 0.2) is 55.0 Å². The molecule has 1 aliphatic carbocycles. The second kappa shape index (κ2) is 8.81. The van der Waals surface area contributed by atoms with Gasteiger partial charge in [0.05, 0.1) is 11.9 Å². The summed E-state index contributed by atoms with van der Waals surface area (Å²) in [5.41, 5.74) is 6.20. The molecular formula is C24H28N4O2. The van der Waals surface area contributed by atoms with Crippen LogP contribution in [0.4, 0.5) is 17.2 Å². The van der Waals surface area contributed by atoms with Gasteiger partial charge >= 0.3 is 0 Å². The van der Waals surface area contributed by atoms with Crippen LogP contribution < -0.4 is 10.2 Å². The van der Waals surface area contributed by atoms with E-state index in [9.17, 15) is 10.2 Å². The molecule has 6 nitrogen and oxygen atoms in total. The second-order valence-electron chi connectivity index (χ2n) is 7.77. The molecule has 0 unspecified atom stereocenters. The van der Waals surface area contributed by atoms with Gasteiger partial charge in [-0.25, -0.2) is 4.98 Å². The molecular weight excluding hydrogens is 376 g/mol. The van der Waals surface area contributed by atoms with Crippen LogP contribution >= 0.6 is 0 Å². The van der Waals surface area contributed by atoms with Crippen molar-refractivity contribution >= 4 is 17.2 Å². The molecule has 1 atom stereocenters. The number of aliphatic hydroxyl groups is 2. The number of nitrogens with one attached hydrogen (secondary N) is 1. The summed E-state index contributed by atoms with van der Waals surface area (Å²) in [6.45, 7) is 2.86. The maximum atomic E-state index is 9.54. The van der Waals surface area contributed by atoms with Gasteiger partial charge < -0.3 is 20.4 Å². The lowest BCUT2D eigenvalue weighted by atomic mass is 10.0. The number of aliphatic hydroxyl groups excluding tert-OH is 1. The maximum absolute atomic E-state index is 9.54. The number of hydrogen-bond donors (Lipinski definition) is 3. The highest BCUT2D eigenvalue weighted by Gasteiger charge is 2.23. The van der Waals surface area contributed by atoms with Gasteiger partial charge in [0.15, 0.2) is 6.29 Å². The molecule has 2 heterocycles. The first-order valence-corrected chi connectivity index (χ1v) is 10.4. The third-order valence-electron chi connectivity index (χ3n) is 5.95. The predicted octanol–water partition coefficient (Wildman–Crippen LogP) is 3.93. The smallest absolute Gasteiger partial charge is 0.180 e. The zero-order valence-electron chi connectivity index (χ0n) is 17.4. The lowest BCUT2D eigenvalue weighted by molar-refractivity contribution is -0.0419. The van der Waals surface area contributed by atoms with Gasteiger partial charge in [-0.05, 0) is 60.2 Å². The molecule has 0 fully saturated rings. The molecule has 4 rings (SSSR count). The van der Waals surface area contributed by atoms with Crippen molar-refractivity contribution in [2.45, 2.75) is 38.4 Å². The average molecular weight is 405 g/mol. The Balaban J connectivity index is 1.47. The van der Waals surface area contributed by atoms with Crippen molar-refractivity contribution in [1.29, 1.82) is 0 Å². The lowest BCUT2D eigenvalue weighted by Gasteiger charge is -2.20. The van der Waals surface area contributed by atoms with Gasteiger partial charge in [-0.1, -0.05) is 19.1 Å². The van der Waals surface area contributed by atoms with Crippen LogP contribution in [0.5, 0.6) is 0 Å². The third kappa shape index (κ3) is 4.15. The van der Waals surface area contributed by atoms with Crippen molar-refractivity contribution in [2.24, 2.45) is 0 Å². The number of fused-ring (bicyclic) bond motifs is 1. The van der Waals surface area contributed by atoms with Crippen molar-refractivity contribution in [3.63, 3.8) is 0 Å². The zero-order valence-corrected chi connectivity index (χ0v) is 17.4. The number of rotatable bonds is 7. The van der Waals surface area contributed by atoms with E-state index in [4.69, 9.17) is 0 Å². The topological polar surface area (TPSA) is 81.5 Å². The summed E-state index contributed by atoms with van der Waals surface area (Å²) in [6.07, 6.45) is 6.72. The fourth-order valence-electron chi connectivity index (χ4n) is 4.08. The Kier molecular flexibility index (Phi) is 5.97. The molecule has 3 aromatic rings. The molecule has 2 aromatic heterocycles. The van der Waals surface area contributed by atoms with Crippen molar-refractivity contribution in [3.05, 3.63) is 77.2 Å². The van der Waals surface area contributed by atoms with Gasteiger partial charge in [0.1, 0.15) is 5.82 Å². The molecule has 0 bridgehead atoms. The van der Waals surface area contributed by atoms with Gasteiger partial charge in [0.2, 0.25) is 0 Å². The van der Waals surface area contributed by atoms with E-state index < -0.39 is 6.29 Å². The number of hydrogen-bond acceptors (Lipinski definition) is 6. The van der Waals surface area contributed by atoms with E-state index in [1.165, 1.54) is 16.7 Å². The molecule has 0 spiro atoms. The highest BCUT2D eigenvalue weighted by Crippen LogP contribution is 2.36. The first kappa shape index (κ1) is 20.3. The van der Waals surface area contributed by atoms with E-state index in [0.29, 0.717) is 17.2 Å². The summed E-state index contributed by atoms with van der Waals surface area (Å²) in [5, 5.41) is 22.4.